The third-order valence-corrected chi connectivity index (χ3v) is 4.87. The molecule has 0 aliphatic carbocycles. The van der Waals surface area contributed by atoms with Gasteiger partial charge in [-0.05, 0) is 25.0 Å². The van der Waals surface area contributed by atoms with Gasteiger partial charge in [0.25, 0.3) is 5.91 Å². The summed E-state index contributed by atoms with van der Waals surface area (Å²) in [6.45, 7) is 11.9. The van der Waals surface area contributed by atoms with Crippen LogP contribution in [0.1, 0.15) is 20.3 Å². The van der Waals surface area contributed by atoms with Crippen LogP contribution in [-0.2, 0) is 19.1 Å². The fraction of sp³-hybridized carbons (Fsp3) is 0.800. The van der Waals surface area contributed by atoms with Crippen LogP contribution in [0.2, 0.25) is 25.7 Å². The second-order valence-corrected chi connectivity index (χ2v) is 11.9. The second kappa shape index (κ2) is 10.1. The molecule has 0 rings (SSSR count). The Kier molecular flexibility index (Phi) is 9.77. The highest BCUT2D eigenvalue weighted by Crippen LogP contribution is 2.12. The van der Waals surface area contributed by atoms with Gasteiger partial charge < -0.3 is 9.47 Å². The van der Waals surface area contributed by atoms with Crippen molar-refractivity contribution in [2.75, 3.05) is 27.6 Å². The Labute approximate surface area is 130 Å². The molecule has 0 saturated heterocycles. The Morgan fingerprint density at radius 3 is 2.43 bits per heavy atom. The van der Waals surface area contributed by atoms with Gasteiger partial charge in [0.15, 0.2) is 0 Å². The maximum absolute atomic E-state index is 11.7. The Hall–Kier alpha value is -0.693. The van der Waals surface area contributed by atoms with E-state index in [4.69, 9.17) is 14.3 Å². The van der Waals surface area contributed by atoms with Crippen molar-refractivity contribution in [3.05, 3.63) is 11.6 Å². The smallest absolute Gasteiger partial charge is 0.269 e. The van der Waals surface area contributed by atoms with E-state index < -0.39 is 8.07 Å². The highest BCUT2D eigenvalue weighted by molar-refractivity contribution is 6.76. The van der Waals surface area contributed by atoms with Crippen LogP contribution in [0.25, 0.3) is 0 Å². The monoisotopic (exact) mass is 317 g/mol. The van der Waals surface area contributed by atoms with Crippen molar-refractivity contribution < 1.29 is 19.1 Å². The summed E-state index contributed by atoms with van der Waals surface area (Å²) < 4.78 is 11.2. The van der Waals surface area contributed by atoms with Crippen molar-refractivity contribution in [3.8, 4) is 0 Å². The highest BCUT2D eigenvalue weighted by Gasteiger charge is 2.14. The Morgan fingerprint density at radius 2 is 1.95 bits per heavy atom. The van der Waals surface area contributed by atoms with Gasteiger partial charge in [-0.1, -0.05) is 26.6 Å². The molecule has 0 aromatic heterocycles. The number of carbonyl (C=O) groups is 1. The standard InChI is InChI=1S/C15H31NO4Si/c1-8-14(13(2)11-15(17)16(3)18-4)20-12-19-9-10-21(5,6)7/h11,14H,8-10,12H2,1-7H3/b13-11+/t14-/m0/s1. The Bertz CT molecular complexity index is 339. The number of rotatable bonds is 10. The van der Waals surface area contributed by atoms with Gasteiger partial charge >= 0.3 is 0 Å². The van der Waals surface area contributed by atoms with Gasteiger partial charge in [-0.15, -0.1) is 0 Å². The fourth-order valence-electron chi connectivity index (χ4n) is 1.61. The molecule has 124 valence electrons. The summed E-state index contributed by atoms with van der Waals surface area (Å²) in [6, 6.07) is 1.12. The SMILES string of the molecule is CC[C@H](OCOCC[Si](C)(C)C)/C(C)=C/C(=O)N(C)OC. The lowest BCUT2D eigenvalue weighted by atomic mass is 10.1. The zero-order valence-corrected chi connectivity index (χ0v) is 15.6. The summed E-state index contributed by atoms with van der Waals surface area (Å²) in [5.41, 5.74) is 0.875. The second-order valence-electron chi connectivity index (χ2n) is 6.31. The lowest BCUT2D eigenvalue weighted by Crippen LogP contribution is -2.25. The molecule has 0 aliphatic heterocycles. The van der Waals surface area contributed by atoms with Crippen molar-refractivity contribution in [1.82, 2.24) is 5.06 Å². The molecule has 0 unspecified atom stereocenters. The lowest BCUT2D eigenvalue weighted by molar-refractivity contribution is -0.162. The minimum absolute atomic E-state index is 0.105. The van der Waals surface area contributed by atoms with Gasteiger partial charge in [0.2, 0.25) is 0 Å². The van der Waals surface area contributed by atoms with E-state index in [0.717, 1.165) is 24.6 Å². The minimum Gasteiger partial charge on any atom is -0.356 e. The number of likely N-dealkylation sites (N-methyl/N-ethyl adjacent to an activating group) is 1. The first kappa shape index (κ1) is 20.3. The first-order valence-electron chi connectivity index (χ1n) is 7.40. The van der Waals surface area contributed by atoms with Gasteiger partial charge in [-0.2, -0.15) is 0 Å². The van der Waals surface area contributed by atoms with Crippen molar-refractivity contribution in [3.63, 3.8) is 0 Å². The summed E-state index contributed by atoms with van der Waals surface area (Å²) in [5, 5.41) is 1.18. The molecule has 21 heavy (non-hydrogen) atoms. The van der Waals surface area contributed by atoms with Crippen LogP contribution in [0.15, 0.2) is 11.6 Å². The van der Waals surface area contributed by atoms with E-state index in [2.05, 4.69) is 19.6 Å². The first-order valence-corrected chi connectivity index (χ1v) is 11.1. The van der Waals surface area contributed by atoms with Crippen LogP contribution in [0, 0.1) is 0 Å². The Morgan fingerprint density at radius 1 is 1.33 bits per heavy atom. The normalized spacial score (nSPS) is 14.1. The largest absolute Gasteiger partial charge is 0.356 e. The highest BCUT2D eigenvalue weighted by atomic mass is 28.3. The van der Waals surface area contributed by atoms with Crippen molar-refractivity contribution in [2.45, 2.75) is 52.1 Å². The van der Waals surface area contributed by atoms with Crippen LogP contribution in [-0.4, -0.2) is 52.7 Å². The number of hydrogen-bond acceptors (Lipinski definition) is 4. The average Bonchev–Trinajstić information content (AvgIpc) is 2.40. The third-order valence-electron chi connectivity index (χ3n) is 3.16. The molecule has 0 aliphatic rings. The molecule has 0 N–H and O–H groups in total. The Balaban J connectivity index is 4.20. The molecular formula is C15H31NO4Si. The quantitative estimate of drug-likeness (QED) is 0.204. The van der Waals surface area contributed by atoms with Gasteiger partial charge in [-0.3, -0.25) is 9.63 Å². The van der Waals surface area contributed by atoms with E-state index in [-0.39, 0.29) is 18.8 Å². The zero-order chi connectivity index (χ0) is 16.5. The summed E-state index contributed by atoms with van der Waals surface area (Å²) in [7, 11) is 1.98. The number of amides is 1. The number of nitrogens with zero attached hydrogens (tertiary/aromatic N) is 1. The van der Waals surface area contributed by atoms with Gasteiger partial charge in [0.05, 0.1) is 13.2 Å². The number of carbonyl (C=O) groups excluding carboxylic acids is 1. The molecule has 0 bridgehead atoms. The van der Waals surface area contributed by atoms with E-state index in [1.807, 2.05) is 13.8 Å². The van der Waals surface area contributed by atoms with Gasteiger partial charge in [0, 0.05) is 27.8 Å². The van der Waals surface area contributed by atoms with Gasteiger partial charge in [-0.25, -0.2) is 5.06 Å². The predicted molar refractivity (Wildman–Crippen MR) is 87.7 cm³/mol. The van der Waals surface area contributed by atoms with Crippen molar-refractivity contribution in [2.24, 2.45) is 0 Å². The maximum Gasteiger partial charge on any atom is 0.269 e. The molecule has 6 heteroatoms. The summed E-state index contributed by atoms with van der Waals surface area (Å²) in [6.07, 6.45) is 2.23. The summed E-state index contributed by atoms with van der Waals surface area (Å²) in [4.78, 5) is 16.6. The van der Waals surface area contributed by atoms with E-state index in [0.29, 0.717) is 0 Å². The molecule has 0 saturated carbocycles. The number of ether oxygens (including phenoxy) is 2. The molecule has 0 fully saturated rings. The van der Waals surface area contributed by atoms with Crippen LogP contribution < -0.4 is 0 Å². The predicted octanol–water partition coefficient (Wildman–Crippen LogP) is 3.06. The average molecular weight is 318 g/mol. The number of hydroxylamine groups is 2. The third kappa shape index (κ3) is 9.79. The molecule has 1 atom stereocenters. The van der Waals surface area contributed by atoms with E-state index in [9.17, 15) is 4.79 Å². The van der Waals surface area contributed by atoms with Crippen molar-refractivity contribution >= 4 is 14.0 Å². The zero-order valence-electron chi connectivity index (χ0n) is 14.6. The van der Waals surface area contributed by atoms with Crippen LogP contribution >= 0.6 is 0 Å². The molecule has 0 heterocycles. The van der Waals surface area contributed by atoms with E-state index in [1.165, 1.54) is 12.2 Å². The molecule has 0 aromatic carbocycles. The first-order chi connectivity index (χ1) is 9.71. The van der Waals surface area contributed by atoms with E-state index >= 15 is 0 Å². The topological polar surface area (TPSA) is 48.0 Å². The maximum atomic E-state index is 11.7. The molecule has 0 spiro atoms. The van der Waals surface area contributed by atoms with Crippen LogP contribution in [0.5, 0.6) is 0 Å². The van der Waals surface area contributed by atoms with Crippen LogP contribution in [0.3, 0.4) is 0 Å². The molecule has 0 radical (unpaired) electrons. The van der Waals surface area contributed by atoms with E-state index in [1.54, 1.807) is 13.1 Å². The molecule has 1 amide bonds. The summed E-state index contributed by atoms with van der Waals surface area (Å²) in [5.74, 6) is -0.197. The summed E-state index contributed by atoms with van der Waals surface area (Å²) >= 11 is 0. The van der Waals surface area contributed by atoms with Crippen molar-refractivity contribution in [1.29, 1.82) is 0 Å². The molecule has 5 nitrogen and oxygen atoms in total. The van der Waals surface area contributed by atoms with Crippen LogP contribution in [0.4, 0.5) is 0 Å². The van der Waals surface area contributed by atoms with Gasteiger partial charge in [0.1, 0.15) is 6.79 Å². The lowest BCUT2D eigenvalue weighted by Gasteiger charge is -2.19. The number of hydrogen-bond donors (Lipinski definition) is 0. The fourth-order valence-corrected chi connectivity index (χ4v) is 2.36. The minimum atomic E-state index is -1.06. The molecular weight excluding hydrogens is 286 g/mol. The molecule has 0 aromatic rings.